The number of carboxylic acids is 1. The Hall–Kier alpha value is -6.22. The van der Waals surface area contributed by atoms with Gasteiger partial charge in [-0.05, 0) is 89.8 Å². The molecule has 0 atom stereocenters. The molecule has 0 saturated carbocycles. The molecule has 8 rings (SSSR count). The molecule has 56 heavy (non-hydrogen) atoms. The second-order valence-corrected chi connectivity index (χ2v) is 13.7. The minimum Gasteiger partial charge on any atom is -0.478 e. The Balaban J connectivity index is 0.000000172. The molecule has 0 aliphatic heterocycles. The first kappa shape index (κ1) is 38.1. The summed E-state index contributed by atoms with van der Waals surface area (Å²) in [6, 6.07) is 38.8. The molecule has 0 bridgehead atoms. The fourth-order valence-electron chi connectivity index (χ4n) is 6.41. The van der Waals surface area contributed by atoms with E-state index in [1.54, 1.807) is 61.5 Å². The third-order valence-corrected chi connectivity index (χ3v) is 9.60. The molecule has 280 valence electrons. The predicted octanol–water partition coefficient (Wildman–Crippen LogP) is 12.8. The van der Waals surface area contributed by atoms with Gasteiger partial charge < -0.3 is 18.7 Å². The Bertz CT molecular complexity index is 2730. The molecule has 2 heterocycles. The number of benzene rings is 6. The lowest BCUT2D eigenvalue weighted by Crippen LogP contribution is -2.04. The standard InChI is InChI=1S/C24H18ClFO3.C22H14ClFO3/c1-2-28-24(27)18-7-3-5-16(13-18)20-8-4-6-17-14-19(29-23(17)20)11-15-9-10-22(26)21(25)12-15;23-19-10-13(7-8-20(19)24)9-17-12-15-4-2-6-18(21(15)27-17)14-3-1-5-16(11-14)22(25)26/h3-10,12-14H,2,11H2,1H3;1-8,10-12H,9H2,(H,25,26). The highest BCUT2D eigenvalue weighted by Gasteiger charge is 2.15. The third kappa shape index (κ3) is 8.52. The number of carbonyl (C=O) groups excluding carboxylic acids is 1. The molecule has 6 aromatic carbocycles. The first-order chi connectivity index (χ1) is 27.1. The van der Waals surface area contributed by atoms with Gasteiger partial charge in [0.25, 0.3) is 0 Å². The van der Waals surface area contributed by atoms with Gasteiger partial charge in [-0.1, -0.05) is 96.0 Å². The van der Waals surface area contributed by atoms with E-state index in [-0.39, 0.29) is 21.6 Å². The number of fused-ring (bicyclic) bond motifs is 2. The van der Waals surface area contributed by atoms with E-state index < -0.39 is 17.6 Å². The van der Waals surface area contributed by atoms with Crippen molar-refractivity contribution >= 4 is 57.1 Å². The number of hydrogen-bond donors (Lipinski definition) is 1. The summed E-state index contributed by atoms with van der Waals surface area (Å²) in [6.45, 7) is 2.11. The van der Waals surface area contributed by atoms with Gasteiger partial charge in [0.05, 0.1) is 27.8 Å². The van der Waals surface area contributed by atoms with Gasteiger partial charge in [0.2, 0.25) is 0 Å². The van der Waals surface area contributed by atoms with E-state index in [9.17, 15) is 23.5 Å². The van der Waals surface area contributed by atoms with Crippen molar-refractivity contribution in [3.8, 4) is 22.3 Å². The Morgan fingerprint density at radius 1 is 0.607 bits per heavy atom. The Morgan fingerprint density at radius 3 is 1.54 bits per heavy atom. The van der Waals surface area contributed by atoms with Crippen LogP contribution in [0.3, 0.4) is 0 Å². The minimum atomic E-state index is -0.975. The van der Waals surface area contributed by atoms with Crippen LogP contribution in [0, 0.1) is 11.6 Å². The van der Waals surface area contributed by atoms with Gasteiger partial charge in [-0.3, -0.25) is 0 Å². The van der Waals surface area contributed by atoms with Crippen molar-refractivity contribution in [2.45, 2.75) is 19.8 Å². The maximum atomic E-state index is 13.4. The summed E-state index contributed by atoms with van der Waals surface area (Å²) >= 11 is 11.7. The summed E-state index contributed by atoms with van der Waals surface area (Å²) in [5.74, 6) is -0.757. The summed E-state index contributed by atoms with van der Waals surface area (Å²) < 4.78 is 44.0. The molecule has 2 aromatic heterocycles. The number of halogens is 4. The molecule has 0 spiro atoms. The lowest BCUT2D eigenvalue weighted by Gasteiger charge is -2.06. The van der Waals surface area contributed by atoms with Crippen LogP contribution in [0.1, 0.15) is 50.3 Å². The first-order valence-electron chi connectivity index (χ1n) is 17.6. The second-order valence-electron chi connectivity index (χ2n) is 12.9. The monoisotopic (exact) mass is 788 g/mol. The lowest BCUT2D eigenvalue weighted by molar-refractivity contribution is 0.0525. The zero-order valence-electron chi connectivity index (χ0n) is 29.8. The number of carbonyl (C=O) groups is 2. The Kier molecular flexibility index (Phi) is 11.3. The van der Waals surface area contributed by atoms with Crippen LogP contribution in [0.15, 0.2) is 142 Å². The minimum absolute atomic E-state index is 0.0785. The van der Waals surface area contributed by atoms with Gasteiger partial charge in [-0.2, -0.15) is 0 Å². The number of furan rings is 2. The number of para-hydroxylation sites is 2. The third-order valence-electron chi connectivity index (χ3n) is 9.02. The van der Waals surface area contributed by atoms with Crippen LogP contribution < -0.4 is 0 Å². The zero-order chi connectivity index (χ0) is 39.3. The molecule has 8 aromatic rings. The van der Waals surface area contributed by atoms with Crippen LogP contribution in [-0.2, 0) is 17.6 Å². The molecule has 0 amide bonds. The maximum Gasteiger partial charge on any atom is 0.338 e. The summed E-state index contributed by atoms with van der Waals surface area (Å²) in [4.78, 5) is 23.3. The van der Waals surface area contributed by atoms with E-state index in [1.165, 1.54) is 12.1 Å². The van der Waals surface area contributed by atoms with Crippen LogP contribution in [-0.4, -0.2) is 23.7 Å². The topological polar surface area (TPSA) is 89.9 Å². The lowest BCUT2D eigenvalue weighted by atomic mass is 10.0. The number of ether oxygens (including phenoxy) is 1. The normalized spacial score (nSPS) is 11.0. The molecule has 1 N–H and O–H groups in total. The Labute approximate surface area is 330 Å². The van der Waals surface area contributed by atoms with Crippen LogP contribution in [0.2, 0.25) is 10.0 Å². The summed E-state index contributed by atoms with van der Waals surface area (Å²) in [5, 5.41) is 11.3. The average Bonchev–Trinajstić information content (AvgIpc) is 3.81. The summed E-state index contributed by atoms with van der Waals surface area (Å²) in [5.41, 5.74) is 7.18. The summed E-state index contributed by atoms with van der Waals surface area (Å²) in [6.07, 6.45) is 0.972. The molecule has 0 radical (unpaired) electrons. The van der Waals surface area contributed by atoms with Gasteiger partial charge in [-0.15, -0.1) is 0 Å². The number of hydrogen-bond acceptors (Lipinski definition) is 5. The molecule has 10 heteroatoms. The van der Waals surface area contributed by atoms with E-state index >= 15 is 0 Å². The molecule has 0 saturated heterocycles. The van der Waals surface area contributed by atoms with Gasteiger partial charge in [0.15, 0.2) is 0 Å². The molecular formula is C46H32Cl2F2O6. The fourth-order valence-corrected chi connectivity index (χ4v) is 6.82. The zero-order valence-corrected chi connectivity index (χ0v) is 31.3. The Morgan fingerprint density at radius 2 is 1.07 bits per heavy atom. The SMILES string of the molecule is CCOC(=O)c1cccc(-c2cccc3cc(Cc4ccc(F)c(Cl)c4)oc23)c1.O=C(O)c1cccc(-c2cccc3cc(Cc4ccc(F)c(Cl)c4)oc23)c1. The van der Waals surface area contributed by atoms with E-state index in [2.05, 4.69) is 0 Å². The van der Waals surface area contributed by atoms with Gasteiger partial charge >= 0.3 is 11.9 Å². The first-order valence-corrected chi connectivity index (χ1v) is 18.3. The second kappa shape index (κ2) is 16.7. The molecule has 0 fully saturated rings. The van der Waals surface area contributed by atoms with E-state index in [1.807, 2.05) is 66.7 Å². The molecule has 0 unspecified atom stereocenters. The molecular weight excluding hydrogens is 757 g/mol. The van der Waals surface area contributed by atoms with Crippen molar-refractivity contribution < 1.29 is 37.0 Å². The molecule has 6 nitrogen and oxygen atoms in total. The van der Waals surface area contributed by atoms with Gasteiger partial charge in [-0.25, -0.2) is 18.4 Å². The summed E-state index contributed by atoms with van der Waals surface area (Å²) in [7, 11) is 0. The highest BCUT2D eigenvalue weighted by molar-refractivity contribution is 6.31. The smallest absolute Gasteiger partial charge is 0.338 e. The van der Waals surface area contributed by atoms with E-state index in [0.717, 1.165) is 61.3 Å². The largest absolute Gasteiger partial charge is 0.478 e. The fraction of sp³-hybridized carbons (Fsp3) is 0.0870. The van der Waals surface area contributed by atoms with Gasteiger partial charge in [0.1, 0.15) is 34.3 Å². The van der Waals surface area contributed by atoms with Crippen molar-refractivity contribution in [2.75, 3.05) is 6.61 Å². The van der Waals surface area contributed by atoms with Crippen LogP contribution in [0.5, 0.6) is 0 Å². The quantitative estimate of drug-likeness (QED) is 0.147. The van der Waals surface area contributed by atoms with Crippen molar-refractivity contribution in [1.29, 1.82) is 0 Å². The average molecular weight is 790 g/mol. The predicted molar refractivity (Wildman–Crippen MR) is 215 cm³/mol. The van der Waals surface area contributed by atoms with E-state index in [4.69, 9.17) is 36.8 Å². The highest BCUT2D eigenvalue weighted by atomic mass is 35.5. The van der Waals surface area contributed by atoms with Crippen molar-refractivity contribution in [1.82, 2.24) is 0 Å². The number of rotatable bonds is 9. The van der Waals surface area contributed by atoms with Crippen LogP contribution >= 0.6 is 23.2 Å². The molecule has 0 aliphatic rings. The van der Waals surface area contributed by atoms with Crippen molar-refractivity contribution in [3.63, 3.8) is 0 Å². The van der Waals surface area contributed by atoms with E-state index in [0.29, 0.717) is 30.6 Å². The van der Waals surface area contributed by atoms with Gasteiger partial charge in [0, 0.05) is 34.7 Å². The number of carboxylic acid groups (broad SMARTS) is 1. The van der Waals surface area contributed by atoms with Crippen molar-refractivity contribution in [3.05, 3.63) is 189 Å². The number of aromatic carboxylic acids is 1. The van der Waals surface area contributed by atoms with Crippen molar-refractivity contribution in [2.24, 2.45) is 0 Å². The molecule has 0 aliphatic carbocycles. The maximum absolute atomic E-state index is 13.4. The van der Waals surface area contributed by atoms with Crippen LogP contribution in [0.25, 0.3) is 44.2 Å². The highest BCUT2D eigenvalue weighted by Crippen LogP contribution is 2.34. The number of esters is 1. The van der Waals surface area contributed by atoms with Crippen LogP contribution in [0.4, 0.5) is 8.78 Å².